The lowest BCUT2D eigenvalue weighted by Gasteiger charge is -2.24. The number of rotatable bonds is 5. The van der Waals surface area contributed by atoms with Crippen molar-refractivity contribution in [1.82, 2.24) is 25.1 Å². The molecule has 0 saturated carbocycles. The van der Waals surface area contributed by atoms with E-state index in [1.165, 1.54) is 16.3 Å². The molecule has 144 valence electrons. The number of benzene rings is 2. The highest BCUT2D eigenvalue weighted by Crippen LogP contribution is 2.23. The van der Waals surface area contributed by atoms with Crippen molar-refractivity contribution in [3.8, 4) is 5.69 Å². The molecule has 28 heavy (non-hydrogen) atoms. The molecule has 1 aliphatic heterocycles. The molecule has 7 nitrogen and oxygen atoms in total. The Morgan fingerprint density at radius 3 is 2.82 bits per heavy atom. The zero-order valence-electron chi connectivity index (χ0n) is 15.5. The van der Waals surface area contributed by atoms with Crippen molar-refractivity contribution in [2.75, 3.05) is 11.9 Å². The molecule has 8 heteroatoms. The number of nitrogens with zero attached hydrogens (tertiary/aromatic N) is 5. The maximum Gasteiger partial charge on any atom is 0.241 e. The van der Waals surface area contributed by atoms with E-state index in [9.17, 15) is 9.18 Å². The monoisotopic (exact) mass is 380 g/mol. The molecule has 0 bridgehead atoms. The molecule has 0 radical (unpaired) electrons. The summed E-state index contributed by atoms with van der Waals surface area (Å²) in [5.74, 6) is -0.0772. The van der Waals surface area contributed by atoms with Crippen LogP contribution in [-0.2, 0) is 11.3 Å². The standard InChI is InChI=1S/C20H21FN6O/c1-14-23-24-25-27(14)19-12-16(9-10-17(19)21)22-20(28)18-8-5-11-26(18)13-15-6-3-2-4-7-15/h2-4,6-7,9-10,12,18H,5,8,11,13H2,1H3,(H,22,28). The van der Waals surface area contributed by atoms with Gasteiger partial charge in [0.05, 0.1) is 6.04 Å². The number of hydrogen-bond acceptors (Lipinski definition) is 5. The molecule has 1 N–H and O–H groups in total. The van der Waals surface area contributed by atoms with Crippen molar-refractivity contribution in [1.29, 1.82) is 0 Å². The second-order valence-electron chi connectivity index (χ2n) is 6.91. The average molecular weight is 380 g/mol. The van der Waals surface area contributed by atoms with Crippen molar-refractivity contribution >= 4 is 11.6 Å². The third-order valence-corrected chi connectivity index (χ3v) is 4.96. The van der Waals surface area contributed by atoms with Crippen LogP contribution in [0, 0.1) is 12.7 Å². The number of carbonyl (C=O) groups excluding carboxylic acids is 1. The van der Waals surface area contributed by atoms with E-state index >= 15 is 0 Å². The van der Waals surface area contributed by atoms with Crippen LogP contribution >= 0.6 is 0 Å². The number of tetrazole rings is 1. The maximum atomic E-state index is 14.2. The fourth-order valence-electron chi connectivity index (χ4n) is 3.56. The molecule has 0 aliphatic carbocycles. The number of anilines is 1. The Bertz CT molecular complexity index is 974. The van der Waals surface area contributed by atoms with Gasteiger partial charge in [-0.05, 0) is 60.5 Å². The Labute approximate surface area is 162 Å². The summed E-state index contributed by atoms with van der Waals surface area (Å²) >= 11 is 0. The minimum Gasteiger partial charge on any atom is -0.325 e. The minimum atomic E-state index is -0.458. The van der Waals surface area contributed by atoms with Crippen LogP contribution in [0.25, 0.3) is 5.69 Å². The number of aryl methyl sites for hydroxylation is 1. The molecule has 1 aliphatic rings. The number of carbonyl (C=O) groups is 1. The Hall–Kier alpha value is -3.13. The highest BCUT2D eigenvalue weighted by atomic mass is 19.1. The maximum absolute atomic E-state index is 14.2. The summed E-state index contributed by atoms with van der Waals surface area (Å²) in [5, 5.41) is 14.0. The van der Waals surface area contributed by atoms with Crippen LogP contribution in [-0.4, -0.2) is 43.6 Å². The normalized spacial score (nSPS) is 17.0. The fraction of sp³-hybridized carbons (Fsp3) is 0.300. The Morgan fingerprint density at radius 2 is 2.07 bits per heavy atom. The molecular formula is C20H21FN6O. The predicted octanol–water partition coefficient (Wildman–Crippen LogP) is 2.71. The highest BCUT2D eigenvalue weighted by molar-refractivity contribution is 5.95. The lowest BCUT2D eigenvalue weighted by Crippen LogP contribution is -2.39. The first-order chi connectivity index (χ1) is 13.6. The Balaban J connectivity index is 1.49. The van der Waals surface area contributed by atoms with Crippen molar-refractivity contribution in [3.05, 3.63) is 65.7 Å². The largest absolute Gasteiger partial charge is 0.325 e. The molecule has 1 aromatic heterocycles. The molecule has 4 rings (SSSR count). The third-order valence-electron chi connectivity index (χ3n) is 4.96. The zero-order chi connectivity index (χ0) is 19.5. The molecule has 1 amide bonds. The van der Waals surface area contributed by atoms with E-state index in [4.69, 9.17) is 0 Å². The molecule has 2 heterocycles. The first kappa shape index (κ1) is 18.2. The van der Waals surface area contributed by atoms with Crippen LogP contribution in [0.4, 0.5) is 10.1 Å². The lowest BCUT2D eigenvalue weighted by atomic mass is 10.1. The van der Waals surface area contributed by atoms with Gasteiger partial charge in [-0.2, -0.15) is 4.68 Å². The quantitative estimate of drug-likeness (QED) is 0.737. The molecule has 1 fully saturated rings. The summed E-state index contributed by atoms with van der Waals surface area (Å²) in [6.45, 7) is 3.30. The first-order valence-electron chi connectivity index (χ1n) is 9.25. The molecule has 3 aromatic rings. The van der Waals surface area contributed by atoms with Gasteiger partial charge in [-0.1, -0.05) is 30.3 Å². The second-order valence-corrected chi connectivity index (χ2v) is 6.91. The molecule has 2 aromatic carbocycles. The van der Waals surface area contributed by atoms with E-state index in [0.29, 0.717) is 11.5 Å². The second kappa shape index (κ2) is 7.85. The summed E-state index contributed by atoms with van der Waals surface area (Å²) in [6.07, 6.45) is 1.78. The van der Waals surface area contributed by atoms with Gasteiger partial charge in [0, 0.05) is 12.2 Å². The SMILES string of the molecule is Cc1nnnn1-c1cc(NC(=O)C2CCCN2Cc2ccccc2)ccc1F. The Morgan fingerprint density at radius 1 is 1.25 bits per heavy atom. The van der Waals surface area contributed by atoms with E-state index in [2.05, 4.69) is 37.9 Å². The first-order valence-corrected chi connectivity index (χ1v) is 9.25. The van der Waals surface area contributed by atoms with Crippen LogP contribution in [0.2, 0.25) is 0 Å². The summed E-state index contributed by atoms with van der Waals surface area (Å²) in [5.41, 5.74) is 1.90. The van der Waals surface area contributed by atoms with Gasteiger partial charge < -0.3 is 5.32 Å². The van der Waals surface area contributed by atoms with Crippen molar-refractivity contribution in [2.45, 2.75) is 32.4 Å². The summed E-state index contributed by atoms with van der Waals surface area (Å²) in [4.78, 5) is 15.1. The van der Waals surface area contributed by atoms with Gasteiger partial charge in [-0.15, -0.1) is 5.10 Å². The number of aromatic nitrogens is 4. The van der Waals surface area contributed by atoms with Crippen LogP contribution in [0.3, 0.4) is 0 Å². The number of likely N-dealkylation sites (tertiary alicyclic amines) is 1. The van der Waals surface area contributed by atoms with Gasteiger partial charge in [0.15, 0.2) is 5.82 Å². The van der Waals surface area contributed by atoms with Gasteiger partial charge in [0.2, 0.25) is 5.91 Å². The van der Waals surface area contributed by atoms with Crippen LogP contribution in [0.15, 0.2) is 48.5 Å². The number of nitrogens with one attached hydrogen (secondary N) is 1. The lowest BCUT2D eigenvalue weighted by molar-refractivity contribution is -0.120. The van der Waals surface area contributed by atoms with Crippen molar-refractivity contribution in [3.63, 3.8) is 0 Å². The van der Waals surface area contributed by atoms with E-state index in [-0.39, 0.29) is 17.6 Å². The van der Waals surface area contributed by atoms with Gasteiger partial charge in [-0.3, -0.25) is 9.69 Å². The van der Waals surface area contributed by atoms with Gasteiger partial charge in [0.1, 0.15) is 11.5 Å². The molecular weight excluding hydrogens is 359 g/mol. The average Bonchev–Trinajstić information content (AvgIpc) is 3.33. The topological polar surface area (TPSA) is 75.9 Å². The molecule has 0 spiro atoms. The van der Waals surface area contributed by atoms with E-state index in [1.54, 1.807) is 19.1 Å². The zero-order valence-corrected chi connectivity index (χ0v) is 15.5. The van der Waals surface area contributed by atoms with Crippen LogP contribution < -0.4 is 5.32 Å². The van der Waals surface area contributed by atoms with Crippen molar-refractivity contribution < 1.29 is 9.18 Å². The molecule has 1 atom stereocenters. The van der Waals surface area contributed by atoms with Crippen LogP contribution in [0.5, 0.6) is 0 Å². The van der Waals surface area contributed by atoms with E-state index in [1.807, 2.05) is 18.2 Å². The number of amides is 1. The summed E-state index contributed by atoms with van der Waals surface area (Å²) in [6, 6.07) is 14.3. The summed E-state index contributed by atoms with van der Waals surface area (Å²) in [7, 11) is 0. The highest BCUT2D eigenvalue weighted by Gasteiger charge is 2.30. The molecule has 1 saturated heterocycles. The molecule has 1 unspecified atom stereocenters. The fourth-order valence-corrected chi connectivity index (χ4v) is 3.56. The Kier molecular flexibility index (Phi) is 5.12. The van der Waals surface area contributed by atoms with E-state index in [0.717, 1.165) is 25.9 Å². The minimum absolute atomic E-state index is 0.0839. The predicted molar refractivity (Wildman–Crippen MR) is 102 cm³/mol. The van der Waals surface area contributed by atoms with Gasteiger partial charge >= 0.3 is 0 Å². The third kappa shape index (κ3) is 3.77. The van der Waals surface area contributed by atoms with Gasteiger partial charge in [0.25, 0.3) is 0 Å². The van der Waals surface area contributed by atoms with Crippen LogP contribution in [0.1, 0.15) is 24.2 Å². The van der Waals surface area contributed by atoms with Crippen molar-refractivity contribution in [2.24, 2.45) is 0 Å². The number of hydrogen-bond donors (Lipinski definition) is 1. The van der Waals surface area contributed by atoms with E-state index < -0.39 is 5.82 Å². The van der Waals surface area contributed by atoms with Gasteiger partial charge in [-0.25, -0.2) is 4.39 Å². The summed E-state index contributed by atoms with van der Waals surface area (Å²) < 4.78 is 15.5. The smallest absolute Gasteiger partial charge is 0.241 e. The number of halogens is 1.